The summed E-state index contributed by atoms with van der Waals surface area (Å²) in [4.78, 5) is 16.5. The number of fused-ring (bicyclic) bond motifs is 3. The number of nitrogens with zero attached hydrogens (tertiary/aromatic N) is 8. The molecule has 0 spiro atoms. The Morgan fingerprint density at radius 2 is 1.07 bits per heavy atom. The molecule has 28 heteroatoms. The van der Waals surface area contributed by atoms with Crippen LogP contribution in [0, 0.1) is 6.92 Å². The average molecular weight is 1280 g/mol. The number of ether oxygens (including phenoxy) is 2. The van der Waals surface area contributed by atoms with Crippen molar-refractivity contribution in [3.63, 3.8) is 0 Å². The van der Waals surface area contributed by atoms with E-state index < -0.39 is 10.1 Å². The van der Waals surface area contributed by atoms with Crippen LogP contribution in [0.5, 0.6) is 0 Å². The number of anilines is 5. The molecule has 460 valence electrons. The topological polar surface area (TPSA) is 365 Å². The Morgan fingerprint density at radius 1 is 0.609 bits per heavy atom. The maximum Gasteiger partial charge on any atom is 0.294 e. The van der Waals surface area contributed by atoms with Gasteiger partial charge >= 0.3 is 0 Å². The number of aliphatic hydroxyl groups excluding tert-OH is 3. The van der Waals surface area contributed by atoms with Crippen molar-refractivity contribution in [1.29, 1.82) is 0 Å². The smallest absolute Gasteiger partial charge is 0.294 e. The number of aromatic amines is 1. The van der Waals surface area contributed by atoms with Gasteiger partial charge in [-0.25, -0.2) is 24.3 Å². The first-order valence-corrected chi connectivity index (χ1v) is 33.1. The minimum atomic E-state index is -4.02. The van der Waals surface area contributed by atoms with Gasteiger partial charge < -0.3 is 58.4 Å². The van der Waals surface area contributed by atoms with E-state index >= 15 is 0 Å². The van der Waals surface area contributed by atoms with Gasteiger partial charge in [0.15, 0.2) is 12.5 Å². The van der Waals surface area contributed by atoms with Crippen LogP contribution >= 0.6 is 45.6 Å². The number of aliphatic hydroxyl groups is 3. The van der Waals surface area contributed by atoms with Crippen molar-refractivity contribution >= 4 is 115 Å². The summed E-state index contributed by atoms with van der Waals surface area (Å²) >= 11 is 11.2. The number of nitrogens with one attached hydrogen (secondary N) is 3. The van der Waals surface area contributed by atoms with Gasteiger partial charge in [-0.15, -0.1) is 34.0 Å². The van der Waals surface area contributed by atoms with E-state index in [9.17, 15) is 18.6 Å². The minimum Gasteiger partial charge on any atom is -0.393 e. The molecule has 2 saturated heterocycles. The van der Waals surface area contributed by atoms with Crippen LogP contribution in [0.1, 0.15) is 95.1 Å². The molecule has 1 aromatic carbocycles. The van der Waals surface area contributed by atoms with Crippen LogP contribution < -0.4 is 33.6 Å². The Kier molecular flexibility index (Phi) is 19.4. The van der Waals surface area contributed by atoms with Crippen molar-refractivity contribution in [2.45, 2.75) is 138 Å². The second-order valence-corrected chi connectivity index (χ2v) is 27.2. The van der Waals surface area contributed by atoms with Crippen molar-refractivity contribution in [1.82, 2.24) is 44.7 Å². The van der Waals surface area contributed by atoms with Gasteiger partial charge in [0.05, 0.1) is 102 Å². The van der Waals surface area contributed by atoms with E-state index in [1.807, 2.05) is 64.9 Å². The molecule has 11 heterocycles. The summed E-state index contributed by atoms with van der Waals surface area (Å²) in [6.07, 6.45) is 16.2. The standard InChI is InChI=1S/C19H23N5O2S.C15H15ClN4OS.C14H15N5OS.C7H8O3S.C4H9NO/c20-17-10-14(22-11-7-12(25)8-11)19-13(23-17)9-16(27-19)15-4-5-21-24(15)18-3-1-2-6-26-18;16-9-7-13(17)19-10-8-12(22-15(9)10)11-4-5-18-20(11)14-3-1-2-6-21-14;15-13-6-11(17-7-3-8(20)4-7)14-10(18-13)5-12(21-14)9-1-2-16-19-9;1-6-2-4-7(5-3-6)11(8,9)10;5-3-1-4(6)2-3/h4-5,9-12,18,25H,1-3,6-8H2,(H3,20,22,23);4-5,7-8,14H,1-3,6H2,(H2,17,19);1-2,5-8,20H,3-4H2,(H,16,19)(H3,15,17,18);2-5H,1H3,(H,8,9,10);3-4,6H,1-2,5H2. The summed E-state index contributed by atoms with van der Waals surface area (Å²) in [5.41, 5.74) is 31.6. The number of hydrogen-bond acceptors (Lipinski definition) is 22. The highest BCUT2D eigenvalue weighted by Crippen LogP contribution is 2.43. The van der Waals surface area contributed by atoms with E-state index in [2.05, 4.69) is 52.0 Å². The third-order valence-electron chi connectivity index (χ3n) is 15.3. The van der Waals surface area contributed by atoms with Gasteiger partial charge in [0.1, 0.15) is 17.5 Å². The zero-order valence-corrected chi connectivity index (χ0v) is 51.6. The quantitative estimate of drug-likeness (QED) is 0.0567. The summed E-state index contributed by atoms with van der Waals surface area (Å²) in [6.45, 7) is 3.42. The first-order chi connectivity index (χ1) is 41.9. The maximum atomic E-state index is 10.5. The fourth-order valence-electron chi connectivity index (χ4n) is 10.6. The maximum absolute atomic E-state index is 10.5. The molecule has 3 aliphatic carbocycles. The number of benzene rings is 1. The fourth-order valence-corrected chi connectivity index (χ4v) is 14.6. The van der Waals surface area contributed by atoms with Crippen molar-refractivity contribution in [2.75, 3.05) is 41.0 Å². The van der Waals surface area contributed by atoms with Gasteiger partial charge in [0.2, 0.25) is 0 Å². The summed E-state index contributed by atoms with van der Waals surface area (Å²) in [7, 11) is -4.02. The van der Waals surface area contributed by atoms with Crippen LogP contribution in [-0.4, -0.2) is 123 Å². The van der Waals surface area contributed by atoms with E-state index in [-0.39, 0.29) is 41.7 Å². The monoisotopic (exact) mass is 1280 g/mol. The summed E-state index contributed by atoms with van der Waals surface area (Å²) < 4.78 is 48.4. The molecule has 5 aliphatic rings. The molecule has 9 aromatic heterocycles. The zero-order chi connectivity index (χ0) is 60.9. The molecule has 10 aromatic rings. The molecular weight excluding hydrogens is 1210 g/mol. The number of aromatic nitrogens is 9. The number of rotatable bonds is 10. The van der Waals surface area contributed by atoms with E-state index in [1.54, 1.807) is 64.6 Å². The van der Waals surface area contributed by atoms with Crippen molar-refractivity contribution in [3.05, 3.63) is 108 Å². The number of aryl methyl sites for hydroxylation is 1. The number of H-pyrrole nitrogens is 1. The van der Waals surface area contributed by atoms with Crippen LogP contribution in [0.15, 0.2) is 102 Å². The number of nitrogens with two attached hydrogens (primary N) is 4. The van der Waals surface area contributed by atoms with Gasteiger partial charge in [-0.05, 0) is 133 Å². The first kappa shape index (κ1) is 61.8. The third kappa shape index (κ3) is 15.2. The molecule has 5 fully saturated rings. The first-order valence-electron chi connectivity index (χ1n) is 28.8. The van der Waals surface area contributed by atoms with E-state index in [0.717, 1.165) is 163 Å². The average Bonchev–Trinajstić information content (AvgIpc) is 3.83. The van der Waals surface area contributed by atoms with Crippen molar-refractivity contribution in [2.24, 2.45) is 5.73 Å². The van der Waals surface area contributed by atoms with Crippen LogP contribution in [0.2, 0.25) is 5.02 Å². The summed E-state index contributed by atoms with van der Waals surface area (Å²) in [5, 5.41) is 51.0. The fraction of sp³-hybridized carbons (Fsp3) is 0.390. The molecule has 23 nitrogen and oxygen atoms in total. The Balaban J connectivity index is 0.000000120. The molecule has 2 atom stereocenters. The molecule has 0 amide bonds. The molecule has 15 N–H and O–H groups in total. The van der Waals surface area contributed by atoms with Crippen LogP contribution in [0.4, 0.5) is 28.8 Å². The lowest BCUT2D eigenvalue weighted by Gasteiger charge is -2.32. The lowest BCUT2D eigenvalue weighted by molar-refractivity contribution is -0.0384. The highest BCUT2D eigenvalue weighted by atomic mass is 35.5. The predicted octanol–water partition coefficient (Wildman–Crippen LogP) is 10.4. The lowest BCUT2D eigenvalue weighted by atomic mass is 9.89. The van der Waals surface area contributed by atoms with Crippen LogP contribution in [0.25, 0.3) is 62.4 Å². The van der Waals surface area contributed by atoms with E-state index in [1.165, 1.54) is 18.6 Å². The molecule has 2 unspecified atom stereocenters. The highest BCUT2D eigenvalue weighted by Gasteiger charge is 2.30. The normalized spacial score (nSPS) is 22.4. The van der Waals surface area contributed by atoms with E-state index in [4.69, 9.17) is 53.7 Å². The second-order valence-electron chi connectivity index (χ2n) is 22.2. The third-order valence-corrected chi connectivity index (χ3v) is 20.2. The second kappa shape index (κ2) is 27.3. The van der Waals surface area contributed by atoms with Crippen LogP contribution in [-0.2, 0) is 19.6 Å². The summed E-state index contributed by atoms with van der Waals surface area (Å²) in [6, 6.07) is 24.4. The Labute approximate surface area is 518 Å². The molecule has 0 radical (unpaired) electrons. The Hall–Kier alpha value is -6.86. The molecule has 0 bridgehead atoms. The number of nitrogen functional groups attached to an aromatic ring is 3. The van der Waals surface area contributed by atoms with Gasteiger partial charge in [0, 0.05) is 68.1 Å². The van der Waals surface area contributed by atoms with Crippen molar-refractivity contribution < 1.29 is 37.8 Å². The number of pyridine rings is 3. The molecular formula is C59H70ClN15O8S4. The molecule has 87 heavy (non-hydrogen) atoms. The number of thiophene rings is 3. The summed E-state index contributed by atoms with van der Waals surface area (Å²) in [5.74, 6) is 1.43. The van der Waals surface area contributed by atoms with Gasteiger partial charge in [0.25, 0.3) is 10.1 Å². The Morgan fingerprint density at radius 3 is 1.49 bits per heavy atom. The molecule has 2 aliphatic heterocycles. The van der Waals surface area contributed by atoms with Gasteiger partial charge in [-0.2, -0.15) is 23.7 Å². The van der Waals surface area contributed by atoms with Crippen LogP contribution in [0.3, 0.4) is 0 Å². The predicted molar refractivity (Wildman–Crippen MR) is 344 cm³/mol. The largest absolute Gasteiger partial charge is 0.393 e. The van der Waals surface area contributed by atoms with Crippen molar-refractivity contribution in [3.8, 4) is 31.7 Å². The molecule has 15 rings (SSSR count). The van der Waals surface area contributed by atoms with E-state index in [0.29, 0.717) is 34.6 Å². The highest BCUT2D eigenvalue weighted by molar-refractivity contribution is 7.85. The minimum absolute atomic E-state index is 0.000973. The number of halogens is 1. The molecule has 3 saturated carbocycles. The SMILES string of the molecule is Cc1ccc(S(=O)(=O)O)cc1.NC1CC(O)C1.Nc1cc(Cl)c2sc(-c3ccnn3C3CCCCO3)cc2n1.Nc1cc(NC2CC(O)C2)c2sc(-c3ccn[nH]3)cc2n1.Nc1cc(NC2CC(O)C2)c2sc(-c3ccnn3C3CCCCO3)cc2n1. The lowest BCUT2D eigenvalue weighted by Crippen LogP contribution is -2.39. The zero-order valence-electron chi connectivity index (χ0n) is 47.6. The number of hydrogen-bond donors (Lipinski definition) is 11. The van der Waals surface area contributed by atoms with Gasteiger partial charge in [-0.3, -0.25) is 9.65 Å². The van der Waals surface area contributed by atoms with Gasteiger partial charge in [-0.1, -0.05) is 29.3 Å². The Bertz CT molecular complexity index is 4030.